The molecule has 0 unspecified atom stereocenters. The maximum absolute atomic E-state index is 10.8. The van der Waals surface area contributed by atoms with Crippen molar-refractivity contribution in [1.29, 1.82) is 0 Å². The number of rotatable bonds is 6. The lowest BCUT2D eigenvalue weighted by Crippen LogP contribution is -2.05. The summed E-state index contributed by atoms with van der Waals surface area (Å²) in [5, 5.41) is 38.8. The number of carbonyl (C=O) groups is 2. The summed E-state index contributed by atoms with van der Waals surface area (Å²) in [4.78, 5) is 41.2. The fourth-order valence-electron chi connectivity index (χ4n) is 2.14. The van der Waals surface area contributed by atoms with Crippen LogP contribution in [-0.4, -0.2) is 46.2 Å². The van der Waals surface area contributed by atoms with Gasteiger partial charge in [-0.25, -0.2) is 9.59 Å². The second-order valence-electron chi connectivity index (χ2n) is 4.95. The first kappa shape index (κ1) is 26.3. The number of nitrogens with zero attached hydrogens (tertiary/aromatic N) is 2. The fraction of sp³-hybridized carbons (Fsp3) is 0.176. The minimum absolute atomic E-state index is 0. The molecule has 2 aromatic rings. The van der Waals surface area contributed by atoms with E-state index in [-0.39, 0.29) is 29.0 Å². The molecule has 30 heavy (non-hydrogen) atoms. The van der Waals surface area contributed by atoms with Gasteiger partial charge < -0.3 is 19.7 Å². The SMILES string of the molecule is C.COc1ccc(Br)c(C(=O)O)c1[N+](=O)[O-].COc1cccc(C(=O)O)c1[N+](=O)[O-]. The van der Waals surface area contributed by atoms with Crippen molar-refractivity contribution in [3.05, 3.63) is 66.2 Å². The van der Waals surface area contributed by atoms with E-state index in [4.69, 9.17) is 19.7 Å². The first-order valence-electron chi connectivity index (χ1n) is 7.35. The van der Waals surface area contributed by atoms with Crippen molar-refractivity contribution < 1.29 is 39.1 Å². The van der Waals surface area contributed by atoms with Gasteiger partial charge in [-0.05, 0) is 40.2 Å². The lowest BCUT2D eigenvalue weighted by atomic mass is 10.1. The Morgan fingerprint density at radius 3 is 1.80 bits per heavy atom. The number of hydrogen-bond acceptors (Lipinski definition) is 8. The molecule has 0 saturated heterocycles. The minimum Gasteiger partial charge on any atom is -0.490 e. The number of hydrogen-bond donors (Lipinski definition) is 2. The molecule has 0 bridgehead atoms. The quantitative estimate of drug-likeness (QED) is 0.445. The van der Waals surface area contributed by atoms with Crippen molar-refractivity contribution in [1.82, 2.24) is 0 Å². The molecule has 162 valence electrons. The van der Waals surface area contributed by atoms with E-state index < -0.39 is 38.7 Å². The van der Waals surface area contributed by atoms with Gasteiger partial charge in [-0.2, -0.15) is 0 Å². The molecule has 0 aliphatic carbocycles. The molecule has 2 N–H and O–H groups in total. The number of aromatic carboxylic acids is 2. The van der Waals surface area contributed by atoms with Crippen molar-refractivity contribution in [2.45, 2.75) is 7.43 Å². The summed E-state index contributed by atoms with van der Waals surface area (Å²) in [5.41, 5.74) is -1.88. The molecule has 0 spiro atoms. The summed E-state index contributed by atoms with van der Waals surface area (Å²) in [6.07, 6.45) is 0. The van der Waals surface area contributed by atoms with Gasteiger partial charge in [-0.15, -0.1) is 0 Å². The summed E-state index contributed by atoms with van der Waals surface area (Å²) >= 11 is 2.94. The van der Waals surface area contributed by atoms with Crippen LogP contribution >= 0.6 is 15.9 Å². The van der Waals surface area contributed by atoms with Gasteiger partial charge in [0.1, 0.15) is 5.56 Å². The normalized spacial score (nSPS) is 9.30. The van der Waals surface area contributed by atoms with Gasteiger partial charge in [0.25, 0.3) is 0 Å². The van der Waals surface area contributed by atoms with Gasteiger partial charge in [0.05, 0.1) is 24.1 Å². The third-order valence-electron chi connectivity index (χ3n) is 3.34. The van der Waals surface area contributed by atoms with Gasteiger partial charge in [0.2, 0.25) is 0 Å². The zero-order chi connectivity index (χ0) is 22.3. The number of carboxylic acids is 2. The van der Waals surface area contributed by atoms with E-state index in [0.717, 1.165) is 6.07 Å². The Morgan fingerprint density at radius 1 is 0.900 bits per heavy atom. The molecular formula is C17H17BrN2O10. The molecule has 2 rings (SSSR count). The smallest absolute Gasteiger partial charge is 0.344 e. The van der Waals surface area contributed by atoms with Crippen molar-refractivity contribution in [2.24, 2.45) is 0 Å². The molecule has 0 aliphatic rings. The molecular weight excluding hydrogens is 472 g/mol. The number of halogens is 1. The molecule has 0 saturated carbocycles. The second-order valence-corrected chi connectivity index (χ2v) is 5.81. The third kappa shape index (κ3) is 5.88. The van der Waals surface area contributed by atoms with E-state index in [1.54, 1.807) is 0 Å². The maximum Gasteiger partial charge on any atom is 0.344 e. The molecule has 0 fully saturated rings. The van der Waals surface area contributed by atoms with Crippen LogP contribution < -0.4 is 9.47 Å². The molecule has 13 heteroatoms. The van der Waals surface area contributed by atoms with Crippen LogP contribution in [0.1, 0.15) is 28.1 Å². The highest BCUT2D eigenvalue weighted by Crippen LogP contribution is 2.35. The summed E-state index contributed by atoms with van der Waals surface area (Å²) in [5.74, 6) is -2.88. The van der Waals surface area contributed by atoms with Crippen molar-refractivity contribution in [2.75, 3.05) is 14.2 Å². The molecule has 2 aromatic carbocycles. The number of carboxylic acid groups (broad SMARTS) is 2. The molecule has 12 nitrogen and oxygen atoms in total. The van der Waals surface area contributed by atoms with E-state index in [0.29, 0.717) is 0 Å². The number of methoxy groups -OCH3 is 2. The lowest BCUT2D eigenvalue weighted by Gasteiger charge is -2.05. The summed E-state index contributed by atoms with van der Waals surface area (Å²) < 4.78 is 9.56. The Hall–Kier alpha value is -3.74. The molecule has 0 atom stereocenters. The highest BCUT2D eigenvalue weighted by Gasteiger charge is 2.28. The van der Waals surface area contributed by atoms with Crippen LogP contribution in [0.4, 0.5) is 11.4 Å². The standard InChI is InChI=1S/C8H6BrNO5.C8H7NO5.CH4/c1-15-5-3-2-4(9)6(8(11)12)7(5)10(13)14;1-14-6-4-2-3-5(8(10)11)7(6)9(12)13;/h2-3H,1H3,(H,11,12);2-4H,1H3,(H,10,11);1H4. The van der Waals surface area contributed by atoms with Crippen LogP contribution in [0, 0.1) is 20.2 Å². The number of nitro benzene ring substituents is 2. The first-order chi connectivity index (χ1) is 13.6. The Balaban J connectivity index is 0.000000544. The van der Waals surface area contributed by atoms with E-state index >= 15 is 0 Å². The van der Waals surface area contributed by atoms with Crippen LogP contribution in [0.3, 0.4) is 0 Å². The van der Waals surface area contributed by atoms with Crippen LogP contribution in [0.5, 0.6) is 11.5 Å². The Labute approximate surface area is 178 Å². The van der Waals surface area contributed by atoms with Crippen LogP contribution in [0.2, 0.25) is 0 Å². The van der Waals surface area contributed by atoms with E-state index in [1.807, 2.05) is 0 Å². The largest absolute Gasteiger partial charge is 0.490 e. The van der Waals surface area contributed by atoms with E-state index in [2.05, 4.69) is 15.9 Å². The highest BCUT2D eigenvalue weighted by atomic mass is 79.9. The summed E-state index contributed by atoms with van der Waals surface area (Å²) in [6.45, 7) is 0. The Bertz CT molecular complexity index is 977. The Kier molecular flexibility index (Phi) is 9.90. The molecule has 0 aromatic heterocycles. The minimum atomic E-state index is -1.38. The van der Waals surface area contributed by atoms with Gasteiger partial charge >= 0.3 is 23.3 Å². The molecule has 0 radical (unpaired) electrons. The van der Waals surface area contributed by atoms with Gasteiger partial charge in [0.15, 0.2) is 17.1 Å². The average Bonchev–Trinajstić information content (AvgIpc) is 2.66. The maximum atomic E-state index is 10.8. The van der Waals surface area contributed by atoms with Crippen molar-refractivity contribution in [3.63, 3.8) is 0 Å². The average molecular weight is 489 g/mol. The number of ether oxygens (including phenoxy) is 2. The monoisotopic (exact) mass is 488 g/mol. The summed E-state index contributed by atoms with van der Waals surface area (Å²) in [6, 6.07) is 6.59. The zero-order valence-corrected chi connectivity index (χ0v) is 16.4. The number of nitro groups is 2. The van der Waals surface area contributed by atoms with Gasteiger partial charge in [0, 0.05) is 4.47 Å². The molecule has 0 aliphatic heterocycles. The van der Waals surface area contributed by atoms with Crippen LogP contribution in [0.25, 0.3) is 0 Å². The van der Waals surface area contributed by atoms with Gasteiger partial charge in [-0.3, -0.25) is 20.2 Å². The molecule has 0 heterocycles. The number of benzene rings is 2. The topological polar surface area (TPSA) is 179 Å². The summed E-state index contributed by atoms with van der Waals surface area (Å²) in [7, 11) is 2.48. The predicted molar refractivity (Wildman–Crippen MR) is 108 cm³/mol. The second kappa shape index (κ2) is 11.3. The number of para-hydroxylation sites is 1. The van der Waals surface area contributed by atoms with E-state index in [9.17, 15) is 29.8 Å². The van der Waals surface area contributed by atoms with Crippen LogP contribution in [-0.2, 0) is 0 Å². The Morgan fingerprint density at radius 2 is 1.40 bits per heavy atom. The first-order valence-corrected chi connectivity index (χ1v) is 8.14. The third-order valence-corrected chi connectivity index (χ3v) is 4.00. The zero-order valence-electron chi connectivity index (χ0n) is 14.8. The highest BCUT2D eigenvalue weighted by molar-refractivity contribution is 9.10. The molecule has 0 amide bonds. The van der Waals surface area contributed by atoms with Crippen molar-refractivity contribution in [3.8, 4) is 11.5 Å². The van der Waals surface area contributed by atoms with E-state index in [1.165, 1.54) is 38.5 Å². The lowest BCUT2D eigenvalue weighted by molar-refractivity contribution is -0.386. The van der Waals surface area contributed by atoms with Crippen molar-refractivity contribution >= 4 is 39.2 Å². The van der Waals surface area contributed by atoms with Crippen LogP contribution in [0.15, 0.2) is 34.8 Å². The fourth-order valence-corrected chi connectivity index (χ4v) is 2.63. The predicted octanol–water partition coefficient (Wildman–Crippen LogP) is 4.00. The van der Waals surface area contributed by atoms with Gasteiger partial charge in [-0.1, -0.05) is 13.5 Å².